The van der Waals surface area contributed by atoms with Crippen LogP contribution in [-0.2, 0) is 19.5 Å². The van der Waals surface area contributed by atoms with E-state index >= 15 is 0 Å². The molecule has 2 N–H and O–H groups in total. The average molecular weight is 304 g/mol. The SMILES string of the molecule is Nc1csc(S(=O)(=O)N2CCC3(CC2)OCCO3)c1. The summed E-state index contributed by atoms with van der Waals surface area (Å²) in [5.74, 6) is -0.555. The number of nitrogens with zero attached hydrogens (tertiary/aromatic N) is 1. The van der Waals surface area contributed by atoms with Gasteiger partial charge in [0.1, 0.15) is 4.21 Å². The number of thiophene rings is 1. The van der Waals surface area contributed by atoms with Crippen molar-refractivity contribution >= 4 is 27.0 Å². The summed E-state index contributed by atoms with van der Waals surface area (Å²) in [7, 11) is -3.43. The zero-order valence-corrected chi connectivity index (χ0v) is 12.0. The molecule has 0 saturated carbocycles. The van der Waals surface area contributed by atoms with Gasteiger partial charge in [-0.3, -0.25) is 0 Å². The molecule has 2 aliphatic rings. The van der Waals surface area contributed by atoms with Gasteiger partial charge in [-0.2, -0.15) is 4.31 Å². The van der Waals surface area contributed by atoms with Crippen LogP contribution in [0.15, 0.2) is 15.7 Å². The summed E-state index contributed by atoms with van der Waals surface area (Å²) in [5, 5.41) is 1.64. The predicted molar refractivity (Wildman–Crippen MR) is 71.4 cm³/mol. The van der Waals surface area contributed by atoms with E-state index < -0.39 is 15.8 Å². The van der Waals surface area contributed by atoms with Crippen molar-refractivity contribution in [2.24, 2.45) is 0 Å². The molecule has 0 bridgehead atoms. The monoisotopic (exact) mass is 304 g/mol. The lowest BCUT2D eigenvalue weighted by Crippen LogP contribution is -2.47. The third-order valence-electron chi connectivity index (χ3n) is 3.49. The molecule has 1 aromatic rings. The summed E-state index contributed by atoms with van der Waals surface area (Å²) in [6.45, 7) is 2.02. The molecule has 1 spiro atoms. The molecule has 2 saturated heterocycles. The van der Waals surface area contributed by atoms with Crippen LogP contribution < -0.4 is 5.73 Å². The van der Waals surface area contributed by atoms with Gasteiger partial charge in [0.05, 0.1) is 13.2 Å². The molecule has 0 aliphatic carbocycles. The molecule has 3 rings (SSSR count). The highest BCUT2D eigenvalue weighted by Gasteiger charge is 2.42. The van der Waals surface area contributed by atoms with Crippen molar-refractivity contribution in [1.29, 1.82) is 0 Å². The molecular weight excluding hydrogens is 288 g/mol. The Morgan fingerprint density at radius 2 is 1.89 bits per heavy atom. The maximum Gasteiger partial charge on any atom is 0.252 e. The number of hydrogen-bond donors (Lipinski definition) is 1. The van der Waals surface area contributed by atoms with Crippen molar-refractivity contribution < 1.29 is 17.9 Å². The number of nitrogens with two attached hydrogens (primary N) is 1. The smallest absolute Gasteiger partial charge is 0.252 e. The number of rotatable bonds is 2. The molecule has 6 nitrogen and oxygen atoms in total. The van der Waals surface area contributed by atoms with E-state index in [0.29, 0.717) is 49.0 Å². The van der Waals surface area contributed by atoms with Crippen LogP contribution in [-0.4, -0.2) is 44.8 Å². The van der Waals surface area contributed by atoms with Gasteiger partial charge in [0.25, 0.3) is 10.0 Å². The minimum absolute atomic E-state index is 0.300. The van der Waals surface area contributed by atoms with Gasteiger partial charge in [0.15, 0.2) is 5.79 Å². The largest absolute Gasteiger partial charge is 0.398 e. The lowest BCUT2D eigenvalue weighted by molar-refractivity contribution is -0.179. The van der Waals surface area contributed by atoms with Crippen LogP contribution in [0, 0.1) is 0 Å². The van der Waals surface area contributed by atoms with Gasteiger partial charge in [-0.25, -0.2) is 8.42 Å². The van der Waals surface area contributed by atoms with Gasteiger partial charge in [0.2, 0.25) is 0 Å². The van der Waals surface area contributed by atoms with E-state index in [0.717, 1.165) is 11.3 Å². The molecular formula is C11H16N2O4S2. The second kappa shape index (κ2) is 4.71. The fraction of sp³-hybridized carbons (Fsp3) is 0.636. The molecule has 0 radical (unpaired) electrons. The first-order valence-corrected chi connectivity index (χ1v) is 8.46. The first kappa shape index (κ1) is 13.3. The highest BCUT2D eigenvalue weighted by molar-refractivity contribution is 7.91. The quantitative estimate of drug-likeness (QED) is 0.876. The van der Waals surface area contributed by atoms with E-state index in [1.165, 1.54) is 10.4 Å². The first-order chi connectivity index (χ1) is 9.02. The van der Waals surface area contributed by atoms with E-state index in [9.17, 15) is 8.42 Å². The van der Waals surface area contributed by atoms with Crippen molar-refractivity contribution in [3.05, 3.63) is 11.4 Å². The second-order valence-corrected chi connectivity index (χ2v) is 7.79. The zero-order valence-electron chi connectivity index (χ0n) is 10.4. The number of nitrogen functional groups attached to an aromatic ring is 1. The minimum Gasteiger partial charge on any atom is -0.398 e. The van der Waals surface area contributed by atoms with Crippen LogP contribution in [0.5, 0.6) is 0 Å². The number of ether oxygens (including phenoxy) is 2. The van der Waals surface area contributed by atoms with Crippen molar-refractivity contribution in [2.75, 3.05) is 32.0 Å². The Kier molecular flexibility index (Phi) is 3.30. The van der Waals surface area contributed by atoms with Crippen molar-refractivity contribution in [1.82, 2.24) is 4.31 Å². The van der Waals surface area contributed by atoms with E-state index in [4.69, 9.17) is 15.2 Å². The maximum absolute atomic E-state index is 12.4. The summed E-state index contributed by atoms with van der Waals surface area (Å²) in [5.41, 5.74) is 6.07. The molecule has 2 fully saturated rings. The van der Waals surface area contributed by atoms with E-state index in [2.05, 4.69) is 0 Å². The molecule has 2 aliphatic heterocycles. The molecule has 0 unspecified atom stereocenters. The Labute approximate surface area is 116 Å². The number of anilines is 1. The molecule has 3 heterocycles. The van der Waals surface area contributed by atoms with Crippen LogP contribution in [0.2, 0.25) is 0 Å². The highest BCUT2D eigenvalue weighted by atomic mass is 32.2. The van der Waals surface area contributed by atoms with Crippen molar-refractivity contribution in [3.63, 3.8) is 0 Å². The summed E-state index contributed by atoms with van der Waals surface area (Å²) < 4.78 is 37.8. The minimum atomic E-state index is -3.43. The van der Waals surface area contributed by atoms with E-state index in [-0.39, 0.29) is 0 Å². The Balaban J connectivity index is 1.74. The molecule has 0 aromatic carbocycles. The number of sulfonamides is 1. The predicted octanol–water partition coefficient (Wildman–Crippen LogP) is 0.858. The molecule has 19 heavy (non-hydrogen) atoms. The fourth-order valence-corrected chi connectivity index (χ4v) is 5.12. The van der Waals surface area contributed by atoms with E-state index in [1.807, 2.05) is 0 Å². The van der Waals surface area contributed by atoms with Gasteiger partial charge in [-0.15, -0.1) is 11.3 Å². The van der Waals surface area contributed by atoms with Gasteiger partial charge in [-0.05, 0) is 6.07 Å². The van der Waals surface area contributed by atoms with Crippen LogP contribution in [0.25, 0.3) is 0 Å². The topological polar surface area (TPSA) is 81.9 Å². The maximum atomic E-state index is 12.4. The first-order valence-electron chi connectivity index (χ1n) is 6.14. The molecule has 0 atom stereocenters. The van der Waals surface area contributed by atoms with Crippen molar-refractivity contribution in [2.45, 2.75) is 22.8 Å². The Morgan fingerprint density at radius 3 is 2.42 bits per heavy atom. The van der Waals surface area contributed by atoms with Crippen LogP contribution in [0.3, 0.4) is 0 Å². The lowest BCUT2D eigenvalue weighted by atomic mass is 10.1. The fourth-order valence-electron chi connectivity index (χ4n) is 2.45. The second-order valence-electron chi connectivity index (χ2n) is 4.71. The van der Waals surface area contributed by atoms with Crippen molar-refractivity contribution in [3.8, 4) is 0 Å². The third-order valence-corrected chi connectivity index (χ3v) is 6.82. The Bertz CT molecular complexity index is 553. The summed E-state index contributed by atoms with van der Waals surface area (Å²) in [4.78, 5) is 0. The summed E-state index contributed by atoms with van der Waals surface area (Å²) in [6, 6.07) is 1.51. The molecule has 106 valence electrons. The van der Waals surface area contributed by atoms with Crippen LogP contribution in [0.1, 0.15) is 12.8 Å². The van der Waals surface area contributed by atoms with Crippen LogP contribution in [0.4, 0.5) is 5.69 Å². The third kappa shape index (κ3) is 2.38. The zero-order chi connectivity index (χ0) is 13.5. The summed E-state index contributed by atoms with van der Waals surface area (Å²) in [6.07, 6.45) is 1.15. The normalized spacial score (nSPS) is 24.0. The highest BCUT2D eigenvalue weighted by Crippen LogP contribution is 2.34. The van der Waals surface area contributed by atoms with Gasteiger partial charge >= 0.3 is 0 Å². The molecule has 1 aromatic heterocycles. The average Bonchev–Trinajstić information content (AvgIpc) is 3.00. The number of piperidine rings is 1. The van der Waals surface area contributed by atoms with Gasteiger partial charge < -0.3 is 15.2 Å². The van der Waals surface area contributed by atoms with E-state index in [1.54, 1.807) is 5.38 Å². The Morgan fingerprint density at radius 1 is 1.26 bits per heavy atom. The summed E-state index contributed by atoms with van der Waals surface area (Å²) >= 11 is 1.16. The van der Waals surface area contributed by atoms with Gasteiger partial charge in [0, 0.05) is 37.0 Å². The standard InChI is InChI=1S/C11H16N2O4S2/c12-9-7-10(18-8-9)19(14,15)13-3-1-11(2-4-13)16-5-6-17-11/h7-8H,1-6,12H2. The van der Waals surface area contributed by atoms with Crippen LogP contribution >= 0.6 is 11.3 Å². The Hall–Kier alpha value is -0.670. The number of hydrogen-bond acceptors (Lipinski definition) is 6. The lowest BCUT2D eigenvalue weighted by Gasteiger charge is -2.36. The van der Waals surface area contributed by atoms with Gasteiger partial charge in [-0.1, -0.05) is 0 Å². The molecule has 8 heteroatoms. The molecule has 0 amide bonds.